The lowest BCUT2D eigenvalue weighted by Crippen LogP contribution is -2.58. The number of benzene rings is 2. The number of aliphatic hydroxyl groups is 1. The van der Waals surface area contributed by atoms with E-state index in [4.69, 9.17) is 18.9 Å². The fourth-order valence-electron chi connectivity index (χ4n) is 7.65. The molecule has 15 heteroatoms. The van der Waals surface area contributed by atoms with Crippen molar-refractivity contribution in [3.8, 4) is 11.5 Å². The van der Waals surface area contributed by atoms with Crippen molar-refractivity contribution in [2.75, 3.05) is 52.7 Å². The first-order valence-corrected chi connectivity index (χ1v) is 19.3. The monoisotopic (exact) mass is 730 g/mol. The van der Waals surface area contributed by atoms with Crippen LogP contribution in [0.4, 0.5) is 9.59 Å². The number of carbonyl (C=O) groups is 2. The molecule has 3 fully saturated rings. The maximum absolute atomic E-state index is 14.5. The van der Waals surface area contributed by atoms with Crippen molar-refractivity contribution in [2.45, 2.75) is 81.7 Å². The van der Waals surface area contributed by atoms with Crippen molar-refractivity contribution in [3.05, 3.63) is 54.1 Å². The molecule has 51 heavy (non-hydrogen) atoms. The average molecular weight is 731 g/mol. The largest absolute Gasteiger partial charge is 0.465 e. The lowest BCUT2D eigenvalue weighted by Gasteiger charge is -2.40. The molecule has 0 unspecified atom stereocenters. The summed E-state index contributed by atoms with van der Waals surface area (Å²) in [5.74, 6) is 0.535. The summed E-state index contributed by atoms with van der Waals surface area (Å²) in [5, 5.41) is 25.8. The molecule has 0 radical (unpaired) electrons. The van der Waals surface area contributed by atoms with Gasteiger partial charge in [-0.15, -0.1) is 0 Å². The zero-order valence-corrected chi connectivity index (χ0v) is 30.1. The summed E-state index contributed by atoms with van der Waals surface area (Å²) in [4.78, 5) is 28.6. The number of amides is 3. The molecule has 4 aliphatic rings. The minimum atomic E-state index is -4.24. The summed E-state index contributed by atoms with van der Waals surface area (Å²) in [6, 6.07) is 12.0. The third-order valence-electron chi connectivity index (χ3n) is 10.4. The Kier molecular flexibility index (Phi) is 11.6. The van der Waals surface area contributed by atoms with Crippen molar-refractivity contribution in [1.29, 1.82) is 0 Å². The fraction of sp³-hybridized carbons (Fsp3) is 0.611. The summed E-state index contributed by atoms with van der Waals surface area (Å²) < 4.78 is 52.6. The third kappa shape index (κ3) is 8.71. The topological polar surface area (TPSA) is 167 Å². The summed E-state index contributed by atoms with van der Waals surface area (Å²) in [6.45, 7) is 6.03. The minimum absolute atomic E-state index is 0.0213. The molecule has 280 valence electrons. The molecule has 3 saturated heterocycles. The molecule has 0 aromatic heterocycles. The summed E-state index contributed by atoms with van der Waals surface area (Å²) in [5.41, 5.74) is 0.212. The molecule has 0 spiro atoms. The lowest BCUT2D eigenvalue weighted by molar-refractivity contribution is -0.0906. The maximum Gasteiger partial charge on any atom is 0.407 e. The Balaban J connectivity index is 1.26. The number of nitrogens with one attached hydrogen (secondary N) is 1. The number of sulfonamides is 1. The zero-order chi connectivity index (χ0) is 36.2. The predicted octanol–water partition coefficient (Wildman–Crippen LogP) is 3.73. The number of hydrogen-bond donors (Lipinski definition) is 3. The fourth-order valence-corrected chi connectivity index (χ4v) is 9.31. The second-order valence-electron chi connectivity index (χ2n) is 14.6. The van der Waals surface area contributed by atoms with Crippen LogP contribution in [0.3, 0.4) is 0 Å². The number of rotatable bonds is 15. The normalized spacial score (nSPS) is 22.6. The summed E-state index contributed by atoms with van der Waals surface area (Å²) >= 11 is 0. The molecule has 0 aliphatic carbocycles. The molecule has 4 aliphatic heterocycles. The van der Waals surface area contributed by atoms with Gasteiger partial charge in [0.25, 0.3) is 0 Å². The molecule has 14 nitrogen and oxygen atoms in total. The van der Waals surface area contributed by atoms with Crippen molar-refractivity contribution < 1.29 is 47.2 Å². The van der Waals surface area contributed by atoms with E-state index in [1.165, 1.54) is 21.3 Å². The van der Waals surface area contributed by atoms with E-state index >= 15 is 0 Å². The van der Waals surface area contributed by atoms with Gasteiger partial charge in [0, 0.05) is 44.7 Å². The van der Waals surface area contributed by atoms with Crippen LogP contribution in [0.5, 0.6) is 11.5 Å². The molecule has 3 amide bonds. The Morgan fingerprint density at radius 3 is 2.55 bits per heavy atom. The van der Waals surface area contributed by atoms with E-state index < -0.39 is 46.0 Å². The van der Waals surface area contributed by atoms with Crippen LogP contribution in [0, 0.1) is 11.3 Å². The van der Waals surface area contributed by atoms with Crippen LogP contribution in [0.15, 0.2) is 53.4 Å². The van der Waals surface area contributed by atoms with Gasteiger partial charge in [-0.05, 0) is 61.6 Å². The van der Waals surface area contributed by atoms with Crippen LogP contribution in [0.1, 0.15) is 51.5 Å². The Labute approximate surface area is 299 Å². The van der Waals surface area contributed by atoms with Crippen molar-refractivity contribution in [1.82, 2.24) is 19.4 Å². The first-order chi connectivity index (χ1) is 24.4. The number of aliphatic hydroxyl groups excluding tert-OH is 1. The number of hydrogen-bond acceptors (Lipinski definition) is 9. The highest BCUT2D eigenvalue weighted by atomic mass is 32.2. The van der Waals surface area contributed by atoms with E-state index in [1.807, 2.05) is 44.2 Å². The van der Waals surface area contributed by atoms with Gasteiger partial charge >= 0.3 is 12.1 Å². The molecule has 2 aromatic carbocycles. The number of ether oxygens (including phenoxy) is 4. The number of likely N-dealkylation sites (tertiary alicyclic amines) is 1. The van der Waals surface area contributed by atoms with E-state index in [2.05, 4.69) is 5.32 Å². The van der Waals surface area contributed by atoms with Crippen molar-refractivity contribution in [2.24, 2.45) is 11.3 Å². The average Bonchev–Trinajstić information content (AvgIpc) is 3.93. The van der Waals surface area contributed by atoms with Crippen LogP contribution in [0.2, 0.25) is 0 Å². The minimum Gasteiger partial charge on any atom is -0.465 e. The summed E-state index contributed by atoms with van der Waals surface area (Å²) in [6.07, 6.45) is 0.804. The molecule has 2 aromatic rings. The molecular weight excluding hydrogens is 680 g/mol. The SMILES string of the molecule is CC(C)(CCCNC(=O)N1CCCC1)CN(C[C@@H](O)[C@H](Cc1ccccc1)N(C(=O)O)[C@H]1CO[C@H]2OCC[C@H]21)S(=O)(=O)c1ccc2c(c1)OCO2. The highest BCUT2D eigenvalue weighted by Crippen LogP contribution is 2.38. The second-order valence-corrected chi connectivity index (χ2v) is 16.6. The quantitative estimate of drug-likeness (QED) is 0.230. The van der Waals surface area contributed by atoms with E-state index in [0.717, 1.165) is 31.5 Å². The smallest absolute Gasteiger partial charge is 0.407 e. The number of carbonyl (C=O) groups excluding carboxylic acids is 1. The third-order valence-corrected chi connectivity index (χ3v) is 12.2. The van der Waals surface area contributed by atoms with E-state index in [0.29, 0.717) is 43.9 Å². The maximum atomic E-state index is 14.5. The van der Waals surface area contributed by atoms with Gasteiger partial charge < -0.3 is 39.4 Å². The van der Waals surface area contributed by atoms with Gasteiger partial charge in [-0.3, -0.25) is 4.90 Å². The van der Waals surface area contributed by atoms with Gasteiger partial charge in [0.05, 0.1) is 36.3 Å². The van der Waals surface area contributed by atoms with Gasteiger partial charge in [0.1, 0.15) is 0 Å². The number of urea groups is 1. The second kappa shape index (κ2) is 15.9. The Morgan fingerprint density at radius 2 is 1.80 bits per heavy atom. The van der Waals surface area contributed by atoms with Crippen LogP contribution in [0.25, 0.3) is 0 Å². The highest BCUT2D eigenvalue weighted by molar-refractivity contribution is 7.89. The first-order valence-electron chi connectivity index (χ1n) is 17.8. The highest BCUT2D eigenvalue weighted by Gasteiger charge is 2.49. The Morgan fingerprint density at radius 1 is 1.06 bits per heavy atom. The Hall–Kier alpha value is -3.63. The zero-order valence-electron chi connectivity index (χ0n) is 29.3. The number of carboxylic acid groups (broad SMARTS) is 1. The van der Waals surface area contributed by atoms with Gasteiger partial charge in [0.15, 0.2) is 17.8 Å². The van der Waals surface area contributed by atoms with Crippen molar-refractivity contribution in [3.63, 3.8) is 0 Å². The molecule has 0 bridgehead atoms. The van der Waals surface area contributed by atoms with Crippen LogP contribution < -0.4 is 14.8 Å². The van der Waals surface area contributed by atoms with E-state index in [1.54, 1.807) is 11.0 Å². The first kappa shape index (κ1) is 37.1. The molecular formula is C36H50N4O10S. The van der Waals surface area contributed by atoms with Gasteiger partial charge in [-0.25, -0.2) is 18.0 Å². The summed E-state index contributed by atoms with van der Waals surface area (Å²) in [7, 11) is -4.24. The Bertz CT molecular complexity index is 1620. The number of fused-ring (bicyclic) bond motifs is 2. The molecule has 5 atom stereocenters. The predicted molar refractivity (Wildman–Crippen MR) is 186 cm³/mol. The van der Waals surface area contributed by atoms with Gasteiger partial charge in [-0.2, -0.15) is 4.31 Å². The number of nitrogens with zero attached hydrogens (tertiary/aromatic N) is 3. The van der Waals surface area contributed by atoms with Gasteiger partial charge in [-0.1, -0.05) is 44.2 Å². The van der Waals surface area contributed by atoms with E-state index in [9.17, 15) is 28.2 Å². The van der Waals surface area contributed by atoms with Crippen LogP contribution in [-0.4, -0.2) is 122 Å². The van der Waals surface area contributed by atoms with Gasteiger partial charge in [0.2, 0.25) is 16.8 Å². The lowest BCUT2D eigenvalue weighted by atomic mass is 9.87. The standard InChI is InChI=1S/C36H50N4O10S/c1-36(2,14-8-15-37-34(42)38-16-6-7-17-38)23-39(51(45,46)26-11-12-31-32(20-26)50-24-49-31)21-30(41)28(19-25-9-4-3-5-10-25)40(35(43)44)29-22-48-33-27(29)13-18-47-33/h3-5,9-12,20,27-30,33,41H,6-8,13-19,21-24H2,1-2H3,(H,37,42)(H,43,44)/t27-,28-,29-,30+,33+/m0/s1. The van der Waals surface area contributed by atoms with Crippen LogP contribution in [-0.2, 0) is 25.9 Å². The molecule has 0 saturated carbocycles. The molecule has 3 N–H and O–H groups in total. The van der Waals surface area contributed by atoms with Crippen molar-refractivity contribution >= 4 is 22.1 Å². The van der Waals surface area contributed by atoms with Crippen LogP contribution >= 0.6 is 0 Å². The molecule has 6 rings (SSSR count). The van der Waals surface area contributed by atoms with E-state index in [-0.39, 0.29) is 49.8 Å². The molecule has 4 heterocycles.